The summed E-state index contributed by atoms with van der Waals surface area (Å²) in [5.41, 5.74) is 0.683. The van der Waals surface area contributed by atoms with E-state index in [9.17, 15) is 15.2 Å². The zero-order valence-electron chi connectivity index (χ0n) is 11.7. The second-order valence-electron chi connectivity index (χ2n) is 4.20. The lowest BCUT2D eigenvalue weighted by molar-refractivity contribution is -0.384. The third kappa shape index (κ3) is 5.12. The van der Waals surface area contributed by atoms with E-state index < -0.39 is 11.0 Å². The van der Waals surface area contributed by atoms with Crippen molar-refractivity contribution >= 4 is 5.69 Å². The highest BCUT2D eigenvalue weighted by atomic mass is 16.6. The van der Waals surface area contributed by atoms with Gasteiger partial charge in [0.25, 0.3) is 5.69 Å². The highest BCUT2D eigenvalue weighted by Crippen LogP contribution is 2.24. The normalized spacial score (nSPS) is 12.2. The van der Waals surface area contributed by atoms with Crippen LogP contribution in [0.2, 0.25) is 0 Å². The fraction of sp³-hybridized carbons (Fsp3) is 0.538. The van der Waals surface area contributed by atoms with Crippen LogP contribution in [0, 0.1) is 10.1 Å². The number of aliphatic hydroxyl groups is 1. The van der Waals surface area contributed by atoms with Gasteiger partial charge in [-0.25, -0.2) is 0 Å². The lowest BCUT2D eigenvalue weighted by atomic mass is 10.1. The van der Waals surface area contributed by atoms with Crippen LogP contribution in [0.3, 0.4) is 0 Å². The molecule has 0 aliphatic carbocycles. The van der Waals surface area contributed by atoms with E-state index in [4.69, 9.17) is 9.47 Å². The maximum Gasteiger partial charge on any atom is 0.270 e. The summed E-state index contributed by atoms with van der Waals surface area (Å²) in [6, 6.07) is 4.38. The second-order valence-corrected chi connectivity index (χ2v) is 4.20. The van der Waals surface area contributed by atoms with Crippen molar-refractivity contribution in [2.45, 2.75) is 19.6 Å². The van der Waals surface area contributed by atoms with Gasteiger partial charge in [0.2, 0.25) is 0 Å². The predicted octanol–water partition coefficient (Wildman–Crippen LogP) is 1.09. The molecule has 1 unspecified atom stereocenters. The van der Waals surface area contributed by atoms with Crippen LogP contribution in [-0.4, -0.2) is 43.0 Å². The maximum atomic E-state index is 10.7. The molecule has 0 aromatic heterocycles. The molecule has 1 aromatic rings. The molecule has 0 saturated carbocycles. The molecular formula is C13H20N2O5. The monoisotopic (exact) mass is 284 g/mol. The van der Waals surface area contributed by atoms with Crippen LogP contribution < -0.4 is 10.1 Å². The maximum absolute atomic E-state index is 10.7. The van der Waals surface area contributed by atoms with Crippen LogP contribution in [-0.2, 0) is 11.3 Å². The number of non-ortho nitro benzene ring substituents is 1. The van der Waals surface area contributed by atoms with Gasteiger partial charge in [0.15, 0.2) is 0 Å². The van der Waals surface area contributed by atoms with E-state index in [0.717, 1.165) is 0 Å². The summed E-state index contributed by atoms with van der Waals surface area (Å²) < 4.78 is 10.6. The molecule has 0 amide bonds. The first-order chi connectivity index (χ1) is 9.58. The molecular weight excluding hydrogens is 264 g/mol. The van der Waals surface area contributed by atoms with Gasteiger partial charge < -0.3 is 19.9 Å². The summed E-state index contributed by atoms with van der Waals surface area (Å²) in [7, 11) is 1.74. The molecule has 0 fully saturated rings. The second kappa shape index (κ2) is 8.47. The quantitative estimate of drug-likeness (QED) is 0.521. The Labute approximate surface area is 117 Å². The first-order valence-electron chi connectivity index (χ1n) is 6.39. The summed E-state index contributed by atoms with van der Waals surface area (Å²) in [6.45, 7) is 3.09. The van der Waals surface area contributed by atoms with E-state index in [0.29, 0.717) is 24.5 Å². The van der Waals surface area contributed by atoms with Crippen LogP contribution in [0.15, 0.2) is 18.2 Å². The van der Waals surface area contributed by atoms with E-state index >= 15 is 0 Å². The Kier molecular flexibility index (Phi) is 6.92. The van der Waals surface area contributed by atoms with Crippen molar-refractivity contribution in [2.24, 2.45) is 0 Å². The fourth-order valence-corrected chi connectivity index (χ4v) is 1.64. The van der Waals surface area contributed by atoms with E-state index in [1.54, 1.807) is 7.05 Å². The molecule has 0 spiro atoms. The van der Waals surface area contributed by atoms with Crippen molar-refractivity contribution in [1.29, 1.82) is 0 Å². The molecule has 112 valence electrons. The largest absolute Gasteiger partial charge is 0.490 e. The fourth-order valence-electron chi connectivity index (χ4n) is 1.64. The highest BCUT2D eigenvalue weighted by molar-refractivity contribution is 5.43. The summed E-state index contributed by atoms with van der Waals surface area (Å²) in [6.07, 6.45) is -0.729. The van der Waals surface area contributed by atoms with E-state index in [1.165, 1.54) is 18.2 Å². The van der Waals surface area contributed by atoms with Crippen LogP contribution in [0.25, 0.3) is 0 Å². The average Bonchev–Trinajstić information content (AvgIpc) is 2.43. The van der Waals surface area contributed by atoms with Crippen LogP contribution >= 0.6 is 0 Å². The predicted molar refractivity (Wildman–Crippen MR) is 73.9 cm³/mol. The molecule has 1 rings (SSSR count). The Balaban J connectivity index is 2.70. The first kappa shape index (κ1) is 16.4. The SMILES string of the molecule is CCOCC(O)COc1ccc([N+](=O)[O-])cc1CNC. The number of aliphatic hydroxyl groups excluding tert-OH is 1. The van der Waals surface area contributed by atoms with Gasteiger partial charge in [0, 0.05) is 30.8 Å². The van der Waals surface area contributed by atoms with Crippen molar-refractivity contribution in [3.63, 3.8) is 0 Å². The Morgan fingerprint density at radius 2 is 2.20 bits per heavy atom. The van der Waals surface area contributed by atoms with Gasteiger partial charge in [-0.3, -0.25) is 10.1 Å². The minimum Gasteiger partial charge on any atom is -0.490 e. The van der Waals surface area contributed by atoms with E-state index in [2.05, 4.69) is 5.32 Å². The van der Waals surface area contributed by atoms with E-state index in [1.807, 2.05) is 6.92 Å². The number of rotatable bonds is 9. The number of hydrogen-bond donors (Lipinski definition) is 2. The smallest absolute Gasteiger partial charge is 0.270 e. The van der Waals surface area contributed by atoms with Gasteiger partial charge in [-0.1, -0.05) is 0 Å². The molecule has 2 N–H and O–H groups in total. The summed E-state index contributed by atoms with van der Waals surface area (Å²) in [4.78, 5) is 10.3. The Morgan fingerprint density at radius 1 is 1.45 bits per heavy atom. The highest BCUT2D eigenvalue weighted by Gasteiger charge is 2.13. The number of nitrogens with one attached hydrogen (secondary N) is 1. The van der Waals surface area contributed by atoms with Crippen LogP contribution in [0.4, 0.5) is 5.69 Å². The summed E-state index contributed by atoms with van der Waals surface area (Å²) in [5.74, 6) is 0.514. The minimum atomic E-state index is -0.729. The van der Waals surface area contributed by atoms with E-state index in [-0.39, 0.29) is 18.9 Å². The number of benzene rings is 1. The van der Waals surface area contributed by atoms with Crippen molar-refractivity contribution in [1.82, 2.24) is 5.32 Å². The average molecular weight is 284 g/mol. The molecule has 1 aromatic carbocycles. The Hall–Kier alpha value is -1.70. The topological polar surface area (TPSA) is 93.9 Å². The Morgan fingerprint density at radius 3 is 2.80 bits per heavy atom. The first-order valence-corrected chi connectivity index (χ1v) is 6.39. The third-order valence-corrected chi connectivity index (χ3v) is 2.57. The number of hydrogen-bond acceptors (Lipinski definition) is 6. The van der Waals surface area contributed by atoms with Gasteiger partial charge in [0.1, 0.15) is 18.5 Å². The molecule has 7 heteroatoms. The summed E-state index contributed by atoms with van der Waals surface area (Å²) >= 11 is 0. The number of nitro groups is 1. The molecule has 0 aliphatic rings. The lowest BCUT2D eigenvalue weighted by Crippen LogP contribution is -2.24. The number of nitro benzene ring substituents is 1. The minimum absolute atomic E-state index is 0.0115. The zero-order valence-corrected chi connectivity index (χ0v) is 11.7. The van der Waals surface area contributed by atoms with Gasteiger partial charge >= 0.3 is 0 Å². The van der Waals surface area contributed by atoms with Crippen molar-refractivity contribution < 1.29 is 19.5 Å². The van der Waals surface area contributed by atoms with Crippen molar-refractivity contribution in [3.05, 3.63) is 33.9 Å². The molecule has 0 saturated heterocycles. The standard InChI is InChI=1S/C13H20N2O5/c1-3-19-8-12(16)9-20-13-5-4-11(15(17)18)6-10(13)7-14-2/h4-6,12,14,16H,3,7-9H2,1-2H3. The molecule has 0 radical (unpaired) electrons. The molecule has 0 aliphatic heterocycles. The molecule has 20 heavy (non-hydrogen) atoms. The van der Waals surface area contributed by atoms with Gasteiger partial charge in [-0.2, -0.15) is 0 Å². The van der Waals surface area contributed by atoms with Crippen molar-refractivity contribution in [3.8, 4) is 5.75 Å². The third-order valence-electron chi connectivity index (χ3n) is 2.57. The van der Waals surface area contributed by atoms with Crippen LogP contribution in [0.5, 0.6) is 5.75 Å². The summed E-state index contributed by atoms with van der Waals surface area (Å²) in [5, 5.41) is 23.3. The van der Waals surface area contributed by atoms with Gasteiger partial charge in [-0.05, 0) is 20.0 Å². The van der Waals surface area contributed by atoms with Gasteiger partial charge in [-0.15, -0.1) is 0 Å². The van der Waals surface area contributed by atoms with Crippen molar-refractivity contribution in [2.75, 3.05) is 26.9 Å². The Bertz CT molecular complexity index is 439. The lowest BCUT2D eigenvalue weighted by Gasteiger charge is -2.14. The molecule has 1 atom stereocenters. The zero-order chi connectivity index (χ0) is 15.0. The number of nitrogens with zero attached hydrogens (tertiary/aromatic N) is 1. The molecule has 0 bridgehead atoms. The molecule has 0 heterocycles. The van der Waals surface area contributed by atoms with Crippen LogP contribution in [0.1, 0.15) is 12.5 Å². The van der Waals surface area contributed by atoms with Gasteiger partial charge in [0.05, 0.1) is 11.5 Å². The number of ether oxygens (including phenoxy) is 2. The molecule has 7 nitrogen and oxygen atoms in total.